The molecule has 5 nitrogen and oxygen atoms in total. The van der Waals surface area contributed by atoms with Crippen molar-refractivity contribution in [1.82, 2.24) is 15.3 Å². The number of nitrogens with one attached hydrogen (secondary N) is 2. The van der Waals surface area contributed by atoms with Crippen molar-refractivity contribution in [3.05, 3.63) is 53.1 Å². The molecule has 0 spiro atoms. The van der Waals surface area contributed by atoms with E-state index in [0.29, 0.717) is 46.4 Å². The third-order valence-electron chi connectivity index (χ3n) is 6.10. The number of aromatic amines is 1. The van der Waals surface area contributed by atoms with E-state index >= 15 is 4.39 Å². The van der Waals surface area contributed by atoms with Crippen LogP contribution in [0.1, 0.15) is 30.5 Å². The van der Waals surface area contributed by atoms with Crippen LogP contribution in [-0.2, 0) is 5.60 Å². The lowest BCUT2D eigenvalue weighted by atomic mass is 9.69. The van der Waals surface area contributed by atoms with Crippen molar-refractivity contribution in [1.29, 1.82) is 5.26 Å². The fourth-order valence-corrected chi connectivity index (χ4v) is 4.60. The SMILES string of the molecule is Cc1cc(-c2ccnc3[nH]cc(C#N)c23)cc(F)c1C1(O)[C@H](C)CNC[C@@H]1C. The molecule has 1 aromatic carbocycles. The maximum atomic E-state index is 15.4. The molecule has 0 saturated carbocycles. The first-order valence-electron chi connectivity index (χ1n) is 9.48. The van der Waals surface area contributed by atoms with Gasteiger partial charge < -0.3 is 15.4 Å². The van der Waals surface area contributed by atoms with Gasteiger partial charge in [0.2, 0.25) is 0 Å². The van der Waals surface area contributed by atoms with Gasteiger partial charge in [0.25, 0.3) is 0 Å². The normalized spacial score (nSPS) is 25.0. The summed E-state index contributed by atoms with van der Waals surface area (Å²) in [6, 6.07) is 7.30. The first-order chi connectivity index (χ1) is 13.4. The standard InChI is InChI=1S/C22H23FN4O/c1-12-6-15(17-4-5-26-21-19(17)16(8-24)11-27-21)7-18(23)20(12)22(28)13(2)9-25-10-14(22)3/h4-7,11,13-14,25,28H,9-10H2,1-3H3,(H,26,27)/t13-,14+,22?. The number of fused-ring (bicyclic) bond motifs is 1. The molecule has 1 unspecified atom stereocenters. The first-order valence-corrected chi connectivity index (χ1v) is 9.48. The number of hydrogen-bond acceptors (Lipinski definition) is 4. The third-order valence-corrected chi connectivity index (χ3v) is 6.10. The number of nitriles is 1. The van der Waals surface area contributed by atoms with Gasteiger partial charge in [-0.3, -0.25) is 0 Å². The van der Waals surface area contributed by atoms with E-state index < -0.39 is 11.4 Å². The number of aliphatic hydroxyl groups is 1. The highest BCUT2D eigenvalue weighted by Crippen LogP contribution is 2.43. The Labute approximate surface area is 163 Å². The number of pyridine rings is 1. The minimum Gasteiger partial charge on any atom is -0.384 e. The fraction of sp³-hybridized carbons (Fsp3) is 0.364. The van der Waals surface area contributed by atoms with Crippen LogP contribution in [0.2, 0.25) is 0 Å². The van der Waals surface area contributed by atoms with Crippen molar-refractivity contribution in [2.75, 3.05) is 13.1 Å². The molecule has 1 aliphatic heterocycles. The monoisotopic (exact) mass is 378 g/mol. The van der Waals surface area contributed by atoms with Crippen LogP contribution in [0, 0.1) is 35.9 Å². The van der Waals surface area contributed by atoms with Crippen LogP contribution in [0.25, 0.3) is 22.2 Å². The van der Waals surface area contributed by atoms with Crippen LogP contribution in [-0.4, -0.2) is 28.2 Å². The van der Waals surface area contributed by atoms with E-state index in [2.05, 4.69) is 21.4 Å². The lowest BCUT2D eigenvalue weighted by Crippen LogP contribution is -2.53. The van der Waals surface area contributed by atoms with E-state index in [0.717, 1.165) is 5.56 Å². The maximum absolute atomic E-state index is 15.4. The number of aryl methyl sites for hydroxylation is 1. The van der Waals surface area contributed by atoms with Gasteiger partial charge in [-0.2, -0.15) is 5.26 Å². The summed E-state index contributed by atoms with van der Waals surface area (Å²) in [5.74, 6) is -0.646. The fourth-order valence-electron chi connectivity index (χ4n) is 4.60. The van der Waals surface area contributed by atoms with Crippen LogP contribution in [0.4, 0.5) is 4.39 Å². The summed E-state index contributed by atoms with van der Waals surface area (Å²) in [5.41, 5.74) is 2.33. The molecule has 1 aliphatic rings. The average Bonchev–Trinajstić information content (AvgIpc) is 3.09. The van der Waals surface area contributed by atoms with E-state index in [4.69, 9.17) is 0 Å². The molecule has 3 aromatic rings. The van der Waals surface area contributed by atoms with Crippen LogP contribution in [0.5, 0.6) is 0 Å². The Bertz CT molecular complexity index is 1060. The third kappa shape index (κ3) is 2.62. The van der Waals surface area contributed by atoms with Crippen molar-refractivity contribution in [3.63, 3.8) is 0 Å². The second-order valence-electron chi connectivity index (χ2n) is 7.83. The first kappa shape index (κ1) is 18.6. The number of nitrogens with zero attached hydrogens (tertiary/aromatic N) is 2. The van der Waals surface area contributed by atoms with Crippen LogP contribution in [0.15, 0.2) is 30.6 Å². The molecule has 3 atom stereocenters. The summed E-state index contributed by atoms with van der Waals surface area (Å²) in [6.45, 7) is 7.01. The molecule has 0 aliphatic carbocycles. The van der Waals surface area contributed by atoms with E-state index in [9.17, 15) is 10.4 Å². The molecular formula is C22H23FN4O. The second kappa shape index (κ2) is 6.69. The highest BCUT2D eigenvalue weighted by molar-refractivity contribution is 5.97. The van der Waals surface area contributed by atoms with Gasteiger partial charge >= 0.3 is 0 Å². The summed E-state index contributed by atoms with van der Waals surface area (Å²) in [4.78, 5) is 7.24. The molecule has 4 rings (SSSR count). The number of aromatic nitrogens is 2. The lowest BCUT2D eigenvalue weighted by molar-refractivity contribution is -0.0835. The van der Waals surface area contributed by atoms with Gasteiger partial charge in [0, 0.05) is 48.3 Å². The van der Waals surface area contributed by atoms with Crippen molar-refractivity contribution in [2.24, 2.45) is 11.8 Å². The minimum atomic E-state index is -1.22. The van der Waals surface area contributed by atoms with E-state index in [-0.39, 0.29) is 11.8 Å². The zero-order chi connectivity index (χ0) is 20.1. The Balaban J connectivity index is 1.91. The molecule has 0 amide bonds. The molecule has 0 radical (unpaired) electrons. The van der Waals surface area contributed by atoms with Crippen molar-refractivity contribution in [3.8, 4) is 17.2 Å². The predicted molar refractivity (Wildman–Crippen MR) is 106 cm³/mol. The van der Waals surface area contributed by atoms with Crippen LogP contribution >= 0.6 is 0 Å². The molecule has 28 heavy (non-hydrogen) atoms. The van der Waals surface area contributed by atoms with Crippen molar-refractivity contribution >= 4 is 11.0 Å². The summed E-state index contributed by atoms with van der Waals surface area (Å²) in [6.07, 6.45) is 3.25. The lowest BCUT2D eigenvalue weighted by Gasteiger charge is -2.45. The second-order valence-corrected chi connectivity index (χ2v) is 7.83. The average molecular weight is 378 g/mol. The predicted octanol–water partition coefficient (Wildman–Crippen LogP) is 3.61. The minimum absolute atomic E-state index is 0.113. The maximum Gasteiger partial charge on any atom is 0.139 e. The summed E-state index contributed by atoms with van der Waals surface area (Å²) in [7, 11) is 0. The van der Waals surface area contributed by atoms with E-state index in [1.54, 1.807) is 18.5 Å². The number of hydrogen-bond donors (Lipinski definition) is 3. The van der Waals surface area contributed by atoms with Gasteiger partial charge in [0.05, 0.1) is 5.56 Å². The summed E-state index contributed by atoms with van der Waals surface area (Å²) < 4.78 is 15.4. The molecule has 6 heteroatoms. The topological polar surface area (TPSA) is 84.7 Å². The number of halogens is 1. The Kier molecular flexibility index (Phi) is 4.45. The van der Waals surface area contributed by atoms with Gasteiger partial charge in [-0.05, 0) is 35.7 Å². The molecule has 3 N–H and O–H groups in total. The zero-order valence-corrected chi connectivity index (χ0v) is 16.2. The molecule has 2 aromatic heterocycles. The summed E-state index contributed by atoms with van der Waals surface area (Å²) in [5, 5.41) is 24.9. The van der Waals surface area contributed by atoms with Gasteiger partial charge in [0.15, 0.2) is 0 Å². The quantitative estimate of drug-likeness (QED) is 0.636. The Morgan fingerprint density at radius 2 is 2.00 bits per heavy atom. The Morgan fingerprint density at radius 1 is 1.29 bits per heavy atom. The molecule has 1 saturated heterocycles. The van der Waals surface area contributed by atoms with Crippen LogP contribution in [0.3, 0.4) is 0 Å². The van der Waals surface area contributed by atoms with Crippen LogP contribution < -0.4 is 5.32 Å². The Hall–Kier alpha value is -2.75. The zero-order valence-electron chi connectivity index (χ0n) is 16.2. The Morgan fingerprint density at radius 3 is 2.64 bits per heavy atom. The van der Waals surface area contributed by atoms with Crippen molar-refractivity contribution < 1.29 is 9.50 Å². The number of H-pyrrole nitrogens is 1. The van der Waals surface area contributed by atoms with E-state index in [1.807, 2.05) is 26.8 Å². The van der Waals surface area contributed by atoms with E-state index in [1.165, 1.54) is 6.07 Å². The molecule has 3 heterocycles. The molecular weight excluding hydrogens is 355 g/mol. The molecule has 144 valence electrons. The number of rotatable bonds is 2. The number of piperidine rings is 1. The highest BCUT2D eigenvalue weighted by Gasteiger charge is 2.45. The molecule has 1 fully saturated rings. The van der Waals surface area contributed by atoms with Crippen molar-refractivity contribution in [2.45, 2.75) is 26.4 Å². The summed E-state index contributed by atoms with van der Waals surface area (Å²) >= 11 is 0. The van der Waals surface area contributed by atoms with Gasteiger partial charge in [-0.1, -0.05) is 19.9 Å². The smallest absolute Gasteiger partial charge is 0.139 e. The molecule has 0 bridgehead atoms. The van der Waals surface area contributed by atoms with Gasteiger partial charge in [-0.25, -0.2) is 9.37 Å². The highest BCUT2D eigenvalue weighted by atomic mass is 19.1. The van der Waals surface area contributed by atoms with Gasteiger partial charge in [-0.15, -0.1) is 0 Å². The largest absolute Gasteiger partial charge is 0.384 e. The van der Waals surface area contributed by atoms with Gasteiger partial charge in [0.1, 0.15) is 23.1 Å². The number of benzene rings is 1.